The number of fused-ring (bicyclic) bond motifs is 1. The van der Waals surface area contributed by atoms with Crippen LogP contribution in [-0.2, 0) is 47.6 Å². The third-order valence-corrected chi connectivity index (χ3v) is 6.89. The van der Waals surface area contributed by atoms with Gasteiger partial charge in [0.05, 0.1) is 25.4 Å². The van der Waals surface area contributed by atoms with Crippen molar-refractivity contribution in [3.05, 3.63) is 11.8 Å². The largest absolute Gasteiger partial charge is 0.463 e. The first-order chi connectivity index (χ1) is 18.3. The van der Waals surface area contributed by atoms with Crippen molar-refractivity contribution in [2.75, 3.05) is 19.8 Å². The first kappa shape index (κ1) is 30.9. The molecule has 0 radical (unpaired) electrons. The molecule has 3 aliphatic rings. The van der Waals surface area contributed by atoms with Gasteiger partial charge in [-0.05, 0) is 17.9 Å². The first-order valence-corrected chi connectivity index (χ1v) is 12.6. The maximum absolute atomic E-state index is 12.5. The smallest absolute Gasteiger partial charge is 0.309 e. The van der Waals surface area contributed by atoms with Crippen LogP contribution >= 0.6 is 0 Å². The van der Waals surface area contributed by atoms with Gasteiger partial charge in [0.25, 0.3) is 0 Å². The van der Waals surface area contributed by atoms with Crippen molar-refractivity contribution in [3.63, 3.8) is 0 Å². The monoisotopic (exact) mass is 560 g/mol. The molecule has 1 aliphatic carbocycles. The van der Waals surface area contributed by atoms with E-state index in [0.29, 0.717) is 5.57 Å². The summed E-state index contributed by atoms with van der Waals surface area (Å²) in [7, 11) is 0. The third-order valence-electron chi connectivity index (χ3n) is 6.89. The summed E-state index contributed by atoms with van der Waals surface area (Å²) in [6.07, 6.45) is -7.63. The predicted octanol–water partition coefficient (Wildman–Crippen LogP) is -1.30. The van der Waals surface area contributed by atoms with Crippen molar-refractivity contribution < 1.29 is 68.0 Å². The molecule has 2 fully saturated rings. The zero-order chi connectivity index (χ0) is 29.1. The molecular formula is C25H36O14. The van der Waals surface area contributed by atoms with Gasteiger partial charge in [0, 0.05) is 26.2 Å². The Morgan fingerprint density at radius 3 is 2.38 bits per heavy atom. The molecule has 0 bridgehead atoms. The zero-order valence-corrected chi connectivity index (χ0v) is 22.2. The number of hydrogen-bond donors (Lipinski definition) is 4. The minimum Gasteiger partial charge on any atom is -0.463 e. The van der Waals surface area contributed by atoms with Gasteiger partial charge in [0.1, 0.15) is 30.5 Å². The maximum Gasteiger partial charge on any atom is 0.309 e. The minimum absolute atomic E-state index is 0.00375. The van der Waals surface area contributed by atoms with Gasteiger partial charge in [0.2, 0.25) is 6.29 Å². The molecule has 2 heterocycles. The van der Waals surface area contributed by atoms with Gasteiger partial charge in [-0.2, -0.15) is 0 Å². The van der Waals surface area contributed by atoms with Crippen LogP contribution in [0.3, 0.4) is 0 Å². The molecule has 0 aromatic carbocycles. The number of esters is 3. The van der Waals surface area contributed by atoms with E-state index in [1.165, 1.54) is 6.26 Å². The average molecular weight is 561 g/mol. The van der Waals surface area contributed by atoms with Crippen LogP contribution in [0.15, 0.2) is 11.8 Å². The molecular weight excluding hydrogens is 524 g/mol. The van der Waals surface area contributed by atoms with E-state index in [1.54, 1.807) is 0 Å². The SMILES string of the molecule is CC(=O)OC[C@]1(O)[C@H]2[C@H](OC(=O)CC(C)C)OC=C(CO[C@@H]3O[C@H](CO)[C@@H](O)C(=O)[C@H]3O)[C@H]2C[C@@H]1OC(C)=O. The summed E-state index contributed by atoms with van der Waals surface area (Å²) in [5.74, 6) is -4.80. The number of aliphatic hydroxyl groups excluding tert-OH is 3. The molecule has 1 saturated carbocycles. The molecule has 14 nitrogen and oxygen atoms in total. The Morgan fingerprint density at radius 1 is 1.10 bits per heavy atom. The Bertz CT molecular complexity index is 962. The lowest BCUT2D eigenvalue weighted by Gasteiger charge is -2.41. The van der Waals surface area contributed by atoms with E-state index in [9.17, 15) is 39.6 Å². The Balaban J connectivity index is 1.88. The van der Waals surface area contributed by atoms with Crippen LogP contribution in [0.4, 0.5) is 0 Å². The molecule has 4 N–H and O–H groups in total. The van der Waals surface area contributed by atoms with Crippen molar-refractivity contribution in [2.24, 2.45) is 17.8 Å². The molecule has 3 rings (SSSR count). The summed E-state index contributed by atoms with van der Waals surface area (Å²) in [5, 5.41) is 41.2. The average Bonchev–Trinajstić information content (AvgIpc) is 3.13. The molecule has 0 unspecified atom stereocenters. The molecule has 0 spiro atoms. The maximum atomic E-state index is 12.5. The van der Waals surface area contributed by atoms with Crippen LogP contribution < -0.4 is 0 Å². The van der Waals surface area contributed by atoms with Crippen LogP contribution in [0, 0.1) is 17.8 Å². The number of carbonyl (C=O) groups excluding carboxylic acids is 4. The number of aliphatic hydroxyl groups is 4. The molecule has 220 valence electrons. The van der Waals surface area contributed by atoms with Crippen LogP contribution in [-0.4, -0.2) is 107 Å². The molecule has 2 aliphatic heterocycles. The van der Waals surface area contributed by atoms with Gasteiger partial charge >= 0.3 is 17.9 Å². The van der Waals surface area contributed by atoms with Crippen molar-refractivity contribution in [2.45, 2.75) is 83.1 Å². The molecule has 14 heteroatoms. The van der Waals surface area contributed by atoms with Gasteiger partial charge in [-0.15, -0.1) is 0 Å². The van der Waals surface area contributed by atoms with Gasteiger partial charge in [-0.1, -0.05) is 13.8 Å². The van der Waals surface area contributed by atoms with E-state index in [2.05, 4.69) is 0 Å². The van der Waals surface area contributed by atoms with Crippen molar-refractivity contribution >= 4 is 23.7 Å². The van der Waals surface area contributed by atoms with Gasteiger partial charge in [-0.25, -0.2) is 0 Å². The number of ether oxygens (including phenoxy) is 6. The minimum atomic E-state index is -2.02. The van der Waals surface area contributed by atoms with E-state index in [-0.39, 0.29) is 25.4 Å². The summed E-state index contributed by atoms with van der Waals surface area (Å²) < 4.78 is 32.6. The van der Waals surface area contributed by atoms with E-state index < -0.39 is 91.3 Å². The highest BCUT2D eigenvalue weighted by molar-refractivity contribution is 5.88. The predicted molar refractivity (Wildman–Crippen MR) is 126 cm³/mol. The van der Waals surface area contributed by atoms with Crippen LogP contribution in [0.25, 0.3) is 0 Å². The van der Waals surface area contributed by atoms with Crippen molar-refractivity contribution in [1.82, 2.24) is 0 Å². The quantitative estimate of drug-likeness (QED) is 0.181. The number of rotatable bonds is 10. The van der Waals surface area contributed by atoms with E-state index in [4.69, 9.17) is 28.4 Å². The van der Waals surface area contributed by atoms with Crippen molar-refractivity contribution in [3.8, 4) is 0 Å². The highest BCUT2D eigenvalue weighted by Gasteiger charge is 2.63. The molecule has 0 aromatic heterocycles. The Morgan fingerprint density at radius 2 is 1.79 bits per heavy atom. The summed E-state index contributed by atoms with van der Waals surface area (Å²) in [6.45, 7) is 4.30. The summed E-state index contributed by atoms with van der Waals surface area (Å²) in [4.78, 5) is 48.1. The number of Topliss-reactive ketones (excluding diaryl/α,β-unsaturated/α-hetero) is 1. The summed E-state index contributed by atoms with van der Waals surface area (Å²) in [6, 6.07) is 0. The van der Waals surface area contributed by atoms with Crippen LogP contribution in [0.1, 0.15) is 40.5 Å². The highest BCUT2D eigenvalue weighted by Crippen LogP contribution is 2.51. The Hall–Kier alpha value is -2.62. The second-order valence-electron chi connectivity index (χ2n) is 10.4. The third kappa shape index (κ3) is 6.94. The second-order valence-corrected chi connectivity index (χ2v) is 10.4. The van der Waals surface area contributed by atoms with E-state index in [1.807, 2.05) is 13.8 Å². The van der Waals surface area contributed by atoms with Gasteiger partial charge in [0.15, 0.2) is 18.2 Å². The number of hydrogen-bond acceptors (Lipinski definition) is 14. The lowest BCUT2D eigenvalue weighted by atomic mass is 9.80. The molecule has 0 aromatic rings. The van der Waals surface area contributed by atoms with E-state index >= 15 is 0 Å². The Labute approximate surface area is 224 Å². The number of ketones is 1. The molecule has 39 heavy (non-hydrogen) atoms. The Kier molecular flexibility index (Phi) is 10.1. The zero-order valence-electron chi connectivity index (χ0n) is 22.2. The van der Waals surface area contributed by atoms with Gasteiger partial charge < -0.3 is 48.8 Å². The van der Waals surface area contributed by atoms with Gasteiger partial charge in [-0.3, -0.25) is 19.2 Å². The second kappa shape index (κ2) is 12.7. The summed E-state index contributed by atoms with van der Waals surface area (Å²) in [5.41, 5.74) is -1.66. The fraction of sp³-hybridized carbons (Fsp3) is 0.760. The standard InChI is InChI=1S/C25H36O14/c1-11(2)5-18(29)39-23-19-15(6-17(37-13(4)28)25(19,33)10-36-12(3)27)14(8-34-23)9-35-24-22(32)21(31)20(30)16(7-26)38-24/h8,11,15-17,19-20,22-24,26,30,32-33H,5-7,9-10H2,1-4H3/t15-,16-,17+,19-,20-,22-,23+,24-,25-/m1/s1. The lowest BCUT2D eigenvalue weighted by Crippen LogP contribution is -2.57. The first-order valence-electron chi connectivity index (χ1n) is 12.6. The molecule has 1 saturated heterocycles. The van der Waals surface area contributed by atoms with E-state index in [0.717, 1.165) is 13.8 Å². The fourth-order valence-corrected chi connectivity index (χ4v) is 5.05. The van der Waals surface area contributed by atoms with Crippen LogP contribution in [0.5, 0.6) is 0 Å². The normalized spacial score (nSPS) is 36.0. The van der Waals surface area contributed by atoms with Crippen molar-refractivity contribution in [1.29, 1.82) is 0 Å². The molecule has 9 atom stereocenters. The molecule has 0 amide bonds. The fourth-order valence-electron chi connectivity index (χ4n) is 5.05. The summed E-state index contributed by atoms with van der Waals surface area (Å²) >= 11 is 0. The topological polar surface area (TPSA) is 205 Å². The highest BCUT2D eigenvalue weighted by atomic mass is 16.7. The lowest BCUT2D eigenvalue weighted by molar-refractivity contribution is -0.255. The van der Waals surface area contributed by atoms with Crippen LogP contribution in [0.2, 0.25) is 0 Å². The number of carbonyl (C=O) groups is 4.